The first kappa shape index (κ1) is 17.8. The predicted molar refractivity (Wildman–Crippen MR) is 90.8 cm³/mol. The molecule has 0 amide bonds. The molecule has 21 heavy (non-hydrogen) atoms. The molecule has 0 aliphatic carbocycles. The van der Waals surface area contributed by atoms with Gasteiger partial charge in [0.05, 0.1) is 22.7 Å². The van der Waals surface area contributed by atoms with Crippen LogP contribution in [0, 0.1) is 17.2 Å². The topological polar surface area (TPSA) is 39.1 Å². The van der Waals surface area contributed by atoms with Gasteiger partial charge in [0.2, 0.25) is 0 Å². The van der Waals surface area contributed by atoms with Crippen molar-refractivity contribution in [2.24, 2.45) is 5.92 Å². The van der Waals surface area contributed by atoms with E-state index in [4.69, 9.17) is 16.9 Å². The van der Waals surface area contributed by atoms with E-state index in [-0.39, 0.29) is 5.92 Å². The van der Waals surface area contributed by atoms with Crippen LogP contribution in [0.3, 0.4) is 0 Å². The maximum atomic E-state index is 8.98. The highest BCUT2D eigenvalue weighted by molar-refractivity contribution is 6.33. The molecule has 2 atom stereocenters. The third-order valence-electron chi connectivity index (χ3n) is 3.61. The van der Waals surface area contributed by atoms with Gasteiger partial charge in [-0.3, -0.25) is 0 Å². The van der Waals surface area contributed by atoms with E-state index in [0.717, 1.165) is 30.2 Å². The molecule has 1 rings (SSSR count). The fraction of sp³-hybridized carbons (Fsp3) is 0.588. The number of halogens is 1. The molecular formula is C17H26ClN3. The number of hydrogen-bond donors (Lipinski definition) is 1. The Morgan fingerprint density at radius 1 is 1.33 bits per heavy atom. The second kappa shape index (κ2) is 8.92. The Morgan fingerprint density at radius 3 is 2.57 bits per heavy atom. The molecule has 3 nitrogen and oxygen atoms in total. The number of anilines is 1. The molecule has 0 aliphatic rings. The summed E-state index contributed by atoms with van der Waals surface area (Å²) < 4.78 is 0. The maximum Gasteiger partial charge on any atom is 0.0671 e. The van der Waals surface area contributed by atoms with E-state index in [1.807, 2.05) is 13.0 Å². The highest BCUT2D eigenvalue weighted by Gasteiger charge is 2.14. The number of hydrogen-bond acceptors (Lipinski definition) is 3. The van der Waals surface area contributed by atoms with Gasteiger partial charge < -0.3 is 10.2 Å². The van der Waals surface area contributed by atoms with Crippen LogP contribution < -0.4 is 10.2 Å². The third kappa shape index (κ3) is 5.22. The summed E-state index contributed by atoms with van der Waals surface area (Å²) in [6.45, 7) is 10.9. The Bertz CT molecular complexity index is 481. The highest BCUT2D eigenvalue weighted by Crippen LogP contribution is 2.29. The number of benzene rings is 1. The Morgan fingerprint density at radius 2 is 2.05 bits per heavy atom. The number of nitriles is 1. The van der Waals surface area contributed by atoms with E-state index in [2.05, 4.69) is 49.2 Å². The van der Waals surface area contributed by atoms with E-state index in [0.29, 0.717) is 12.6 Å². The second-order valence-corrected chi connectivity index (χ2v) is 5.86. The minimum absolute atomic E-state index is 0.00848. The Hall–Kier alpha value is -1.24. The summed E-state index contributed by atoms with van der Waals surface area (Å²) in [6, 6.07) is 8.79. The first-order valence-electron chi connectivity index (χ1n) is 7.70. The SMILES string of the molecule is CCCNC(C)c1ccc(N(CC)CC(C)C#N)c(Cl)c1. The molecule has 0 aromatic heterocycles. The molecule has 1 aromatic carbocycles. The smallest absolute Gasteiger partial charge is 0.0671 e. The molecule has 1 aromatic rings. The van der Waals surface area contributed by atoms with Crippen molar-refractivity contribution in [3.63, 3.8) is 0 Å². The normalized spacial score (nSPS) is 13.5. The van der Waals surface area contributed by atoms with Gasteiger partial charge >= 0.3 is 0 Å². The molecule has 0 saturated heterocycles. The molecule has 0 heterocycles. The number of nitrogens with one attached hydrogen (secondary N) is 1. The fourth-order valence-electron chi connectivity index (χ4n) is 2.30. The fourth-order valence-corrected chi connectivity index (χ4v) is 2.61. The quantitative estimate of drug-likeness (QED) is 0.774. The van der Waals surface area contributed by atoms with Crippen molar-refractivity contribution in [3.8, 4) is 6.07 Å². The number of rotatable bonds is 8. The molecule has 4 heteroatoms. The molecule has 0 fully saturated rings. The van der Waals surface area contributed by atoms with Gasteiger partial charge in [0.15, 0.2) is 0 Å². The van der Waals surface area contributed by atoms with Crippen LogP contribution in [-0.2, 0) is 0 Å². The summed E-state index contributed by atoms with van der Waals surface area (Å²) >= 11 is 6.46. The zero-order chi connectivity index (χ0) is 15.8. The van der Waals surface area contributed by atoms with E-state index >= 15 is 0 Å². The summed E-state index contributed by atoms with van der Waals surface area (Å²) in [4.78, 5) is 2.16. The Labute approximate surface area is 133 Å². The highest BCUT2D eigenvalue weighted by atomic mass is 35.5. The van der Waals surface area contributed by atoms with Gasteiger partial charge in [-0.05, 0) is 51.4 Å². The van der Waals surface area contributed by atoms with E-state index in [1.54, 1.807) is 0 Å². The summed E-state index contributed by atoms with van der Waals surface area (Å²) in [5.74, 6) is -0.00848. The predicted octanol–water partition coefficient (Wildman–Crippen LogP) is 4.39. The van der Waals surface area contributed by atoms with Crippen LogP contribution in [0.25, 0.3) is 0 Å². The van der Waals surface area contributed by atoms with Crippen molar-refractivity contribution < 1.29 is 0 Å². The van der Waals surface area contributed by atoms with Crippen molar-refractivity contribution in [2.75, 3.05) is 24.5 Å². The summed E-state index contributed by atoms with van der Waals surface area (Å²) in [5, 5.41) is 13.2. The van der Waals surface area contributed by atoms with Crippen LogP contribution in [-0.4, -0.2) is 19.6 Å². The molecule has 1 N–H and O–H groups in total. The average molecular weight is 308 g/mol. The summed E-state index contributed by atoms with van der Waals surface area (Å²) in [7, 11) is 0. The van der Waals surface area contributed by atoms with Crippen LogP contribution >= 0.6 is 11.6 Å². The lowest BCUT2D eigenvalue weighted by Gasteiger charge is -2.26. The average Bonchev–Trinajstić information content (AvgIpc) is 2.50. The van der Waals surface area contributed by atoms with Gasteiger partial charge in [0, 0.05) is 19.1 Å². The van der Waals surface area contributed by atoms with Crippen LogP contribution in [0.2, 0.25) is 5.02 Å². The molecule has 0 saturated carbocycles. The van der Waals surface area contributed by atoms with Gasteiger partial charge in [0.1, 0.15) is 0 Å². The van der Waals surface area contributed by atoms with Crippen LogP contribution in [0.1, 0.15) is 45.7 Å². The minimum Gasteiger partial charge on any atom is -0.369 e. The first-order valence-corrected chi connectivity index (χ1v) is 8.08. The van der Waals surface area contributed by atoms with E-state index < -0.39 is 0 Å². The standard InChI is InChI=1S/C17H26ClN3/c1-5-9-20-14(4)15-7-8-17(16(18)10-15)21(6-2)12-13(3)11-19/h7-8,10,13-14,20H,5-6,9,12H2,1-4H3. The van der Waals surface area contributed by atoms with Crippen molar-refractivity contribution in [2.45, 2.75) is 40.2 Å². The Kier molecular flexibility index (Phi) is 7.56. The molecular weight excluding hydrogens is 282 g/mol. The van der Waals surface area contributed by atoms with Crippen molar-refractivity contribution >= 4 is 17.3 Å². The zero-order valence-corrected chi connectivity index (χ0v) is 14.2. The van der Waals surface area contributed by atoms with Crippen molar-refractivity contribution in [1.29, 1.82) is 5.26 Å². The van der Waals surface area contributed by atoms with E-state index in [9.17, 15) is 0 Å². The number of nitrogens with zero attached hydrogens (tertiary/aromatic N) is 2. The van der Waals surface area contributed by atoms with E-state index in [1.165, 1.54) is 5.56 Å². The molecule has 0 radical (unpaired) electrons. The van der Waals surface area contributed by atoms with Crippen LogP contribution in [0.5, 0.6) is 0 Å². The summed E-state index contributed by atoms with van der Waals surface area (Å²) in [5.41, 5.74) is 2.20. The van der Waals surface area contributed by atoms with Crippen molar-refractivity contribution in [1.82, 2.24) is 5.32 Å². The summed E-state index contributed by atoms with van der Waals surface area (Å²) in [6.07, 6.45) is 1.12. The molecule has 0 bridgehead atoms. The van der Waals surface area contributed by atoms with Crippen LogP contribution in [0.4, 0.5) is 5.69 Å². The molecule has 0 aliphatic heterocycles. The lowest BCUT2D eigenvalue weighted by atomic mass is 10.1. The maximum absolute atomic E-state index is 8.98. The van der Waals surface area contributed by atoms with Gasteiger partial charge in [-0.2, -0.15) is 5.26 Å². The second-order valence-electron chi connectivity index (χ2n) is 5.46. The zero-order valence-electron chi connectivity index (χ0n) is 13.5. The minimum atomic E-state index is -0.00848. The van der Waals surface area contributed by atoms with Gasteiger partial charge in [-0.25, -0.2) is 0 Å². The largest absolute Gasteiger partial charge is 0.369 e. The van der Waals surface area contributed by atoms with Crippen molar-refractivity contribution in [3.05, 3.63) is 28.8 Å². The monoisotopic (exact) mass is 307 g/mol. The lowest BCUT2D eigenvalue weighted by molar-refractivity contribution is 0.570. The van der Waals surface area contributed by atoms with Gasteiger partial charge in [-0.15, -0.1) is 0 Å². The van der Waals surface area contributed by atoms with Gasteiger partial charge in [0.25, 0.3) is 0 Å². The van der Waals surface area contributed by atoms with Crippen LogP contribution in [0.15, 0.2) is 18.2 Å². The lowest BCUT2D eigenvalue weighted by Crippen LogP contribution is -2.28. The van der Waals surface area contributed by atoms with Gasteiger partial charge in [-0.1, -0.05) is 24.6 Å². The molecule has 2 unspecified atom stereocenters. The first-order chi connectivity index (χ1) is 10.0. The Balaban J connectivity index is 2.88. The molecule has 116 valence electrons. The third-order valence-corrected chi connectivity index (χ3v) is 3.91. The molecule has 0 spiro atoms.